The van der Waals surface area contributed by atoms with Crippen molar-refractivity contribution in [3.63, 3.8) is 0 Å². The van der Waals surface area contributed by atoms with Crippen LogP contribution in [0.2, 0.25) is 0 Å². The highest BCUT2D eigenvalue weighted by Gasteiger charge is 2.21. The molecule has 0 spiro atoms. The fourth-order valence-corrected chi connectivity index (χ4v) is 6.07. The van der Waals surface area contributed by atoms with Crippen LogP contribution in [0, 0.1) is 18.6 Å². The Morgan fingerprint density at radius 3 is 1.83 bits per heavy atom. The van der Waals surface area contributed by atoms with Gasteiger partial charge in [-0.05, 0) is 48.4 Å². The van der Waals surface area contributed by atoms with Crippen molar-refractivity contribution in [1.29, 1.82) is 0 Å². The van der Waals surface area contributed by atoms with Gasteiger partial charge in [-0.15, -0.1) is 0 Å². The molecular weight excluding hydrogens is 574 g/mol. The predicted octanol–water partition coefficient (Wildman–Crippen LogP) is 10.2. The first-order chi connectivity index (χ1) is 22.5. The minimum Gasteiger partial charge on any atom is -0.308 e. The largest absolute Gasteiger partial charge is 0.308 e. The Hall–Kier alpha value is -6.01. The Morgan fingerprint density at radius 2 is 1.11 bits per heavy atom. The number of para-hydroxylation sites is 1. The molecule has 0 N–H and O–H groups in total. The number of hydrogen-bond acceptors (Lipinski definition) is 3. The highest BCUT2D eigenvalue weighted by atomic mass is 19.2. The summed E-state index contributed by atoms with van der Waals surface area (Å²) >= 11 is 0. The molecule has 2 heterocycles. The number of benzene rings is 6. The quantitative estimate of drug-likeness (QED) is 0.197. The maximum atomic E-state index is 15.2. The van der Waals surface area contributed by atoms with Crippen molar-refractivity contribution in [3.05, 3.63) is 157 Å². The lowest BCUT2D eigenvalue weighted by atomic mass is 10.0. The second-order valence-corrected chi connectivity index (χ2v) is 11.2. The van der Waals surface area contributed by atoms with Crippen LogP contribution in [0.1, 0.15) is 5.56 Å². The normalized spacial score (nSPS) is 11.4. The minimum absolute atomic E-state index is 0.176. The third-order valence-corrected chi connectivity index (χ3v) is 8.27. The van der Waals surface area contributed by atoms with E-state index in [1.807, 2.05) is 84.9 Å². The van der Waals surface area contributed by atoms with Gasteiger partial charge in [-0.1, -0.05) is 109 Å². The van der Waals surface area contributed by atoms with Crippen molar-refractivity contribution in [3.8, 4) is 51.0 Å². The third-order valence-electron chi connectivity index (χ3n) is 8.27. The molecule has 220 valence electrons. The summed E-state index contributed by atoms with van der Waals surface area (Å²) in [5.41, 5.74) is 6.95. The molecule has 0 aliphatic carbocycles. The van der Waals surface area contributed by atoms with Crippen molar-refractivity contribution in [2.45, 2.75) is 6.92 Å². The number of halogens is 2. The molecule has 0 fully saturated rings. The molecule has 0 bridgehead atoms. The average Bonchev–Trinajstić information content (AvgIpc) is 3.43. The standard InChI is InChI=1S/C40H26F2N4/c1-25-19-21-31-30-15-8-9-18-34(30)46(35(31)23-25)36-24-28(29-16-10-17-33(41)37(29)42)20-22-32(36)40-44-38(26-11-4-2-5-12-26)43-39(45-40)27-13-6-3-7-14-27/h2-24H,1H3. The maximum Gasteiger partial charge on any atom is 0.166 e. The van der Waals surface area contributed by atoms with Crippen LogP contribution >= 0.6 is 0 Å². The number of nitrogens with zero attached hydrogens (tertiary/aromatic N) is 4. The Labute approximate surface area is 264 Å². The van der Waals surface area contributed by atoms with E-state index in [0.29, 0.717) is 23.0 Å². The first kappa shape index (κ1) is 27.5. The lowest BCUT2D eigenvalue weighted by Crippen LogP contribution is -2.04. The van der Waals surface area contributed by atoms with Crippen LogP contribution in [0.3, 0.4) is 0 Å². The summed E-state index contributed by atoms with van der Waals surface area (Å²) in [5, 5.41) is 2.16. The number of aromatic nitrogens is 4. The van der Waals surface area contributed by atoms with Crippen molar-refractivity contribution in [2.75, 3.05) is 0 Å². The van der Waals surface area contributed by atoms with Crippen molar-refractivity contribution >= 4 is 21.8 Å². The zero-order valence-corrected chi connectivity index (χ0v) is 24.8. The summed E-state index contributed by atoms with van der Waals surface area (Å²) in [6.07, 6.45) is 0. The summed E-state index contributed by atoms with van der Waals surface area (Å²) < 4.78 is 31.8. The van der Waals surface area contributed by atoms with Crippen molar-refractivity contribution in [2.24, 2.45) is 0 Å². The van der Waals surface area contributed by atoms with Gasteiger partial charge in [-0.25, -0.2) is 23.7 Å². The van der Waals surface area contributed by atoms with E-state index >= 15 is 4.39 Å². The lowest BCUT2D eigenvalue weighted by molar-refractivity contribution is 0.511. The van der Waals surface area contributed by atoms with Crippen LogP contribution in [0.15, 0.2) is 140 Å². The molecule has 8 rings (SSSR count). The molecule has 0 radical (unpaired) electrons. The fourth-order valence-electron chi connectivity index (χ4n) is 6.07. The van der Waals surface area contributed by atoms with Crippen LogP contribution in [0.4, 0.5) is 8.78 Å². The minimum atomic E-state index is -0.895. The molecule has 0 atom stereocenters. The van der Waals surface area contributed by atoms with Gasteiger partial charge in [0, 0.05) is 33.0 Å². The molecule has 0 aliphatic heterocycles. The van der Waals surface area contributed by atoms with Crippen LogP contribution in [-0.2, 0) is 0 Å². The van der Waals surface area contributed by atoms with Crippen molar-refractivity contribution < 1.29 is 8.78 Å². The van der Waals surface area contributed by atoms with E-state index in [0.717, 1.165) is 55.8 Å². The molecule has 0 saturated carbocycles. The summed E-state index contributed by atoms with van der Waals surface area (Å²) in [5.74, 6) is -0.250. The smallest absolute Gasteiger partial charge is 0.166 e. The highest BCUT2D eigenvalue weighted by molar-refractivity contribution is 6.10. The monoisotopic (exact) mass is 600 g/mol. The maximum absolute atomic E-state index is 15.2. The Morgan fingerprint density at radius 1 is 0.478 bits per heavy atom. The van der Waals surface area contributed by atoms with Gasteiger partial charge in [-0.2, -0.15) is 0 Å². The second-order valence-electron chi connectivity index (χ2n) is 11.2. The first-order valence-electron chi connectivity index (χ1n) is 15.0. The predicted molar refractivity (Wildman–Crippen MR) is 181 cm³/mol. The molecule has 0 aliphatic rings. The van der Waals surface area contributed by atoms with Crippen LogP contribution in [0.5, 0.6) is 0 Å². The van der Waals surface area contributed by atoms with Gasteiger partial charge < -0.3 is 4.57 Å². The Bertz CT molecular complexity index is 2340. The van der Waals surface area contributed by atoms with Gasteiger partial charge in [0.05, 0.1) is 16.7 Å². The number of fused-ring (bicyclic) bond motifs is 3. The second kappa shape index (κ2) is 11.2. The molecule has 6 aromatic carbocycles. The van der Waals surface area contributed by atoms with Gasteiger partial charge in [0.1, 0.15) is 0 Å². The van der Waals surface area contributed by atoms with Crippen LogP contribution in [-0.4, -0.2) is 19.5 Å². The molecule has 46 heavy (non-hydrogen) atoms. The number of hydrogen-bond donors (Lipinski definition) is 0. The summed E-state index contributed by atoms with van der Waals surface area (Å²) in [4.78, 5) is 14.9. The molecule has 2 aromatic heterocycles. The average molecular weight is 601 g/mol. The Kier molecular flexibility index (Phi) is 6.68. The number of rotatable bonds is 5. The topological polar surface area (TPSA) is 43.6 Å². The molecule has 6 heteroatoms. The van der Waals surface area contributed by atoms with E-state index in [-0.39, 0.29) is 5.56 Å². The van der Waals surface area contributed by atoms with E-state index in [2.05, 4.69) is 41.8 Å². The van der Waals surface area contributed by atoms with Crippen LogP contribution in [0.25, 0.3) is 72.8 Å². The lowest BCUT2D eigenvalue weighted by Gasteiger charge is -2.17. The number of aryl methyl sites for hydroxylation is 1. The van der Waals surface area contributed by atoms with Gasteiger partial charge >= 0.3 is 0 Å². The van der Waals surface area contributed by atoms with Gasteiger partial charge in [0.25, 0.3) is 0 Å². The Balaban J connectivity index is 1.47. The van der Waals surface area contributed by atoms with E-state index in [4.69, 9.17) is 15.0 Å². The summed E-state index contributed by atoms with van der Waals surface area (Å²) in [6, 6.07) is 44.0. The van der Waals surface area contributed by atoms with Crippen LogP contribution < -0.4 is 0 Å². The fraction of sp³-hybridized carbons (Fsp3) is 0.0250. The molecule has 8 aromatic rings. The van der Waals surface area contributed by atoms with Gasteiger partial charge in [-0.3, -0.25) is 0 Å². The van der Waals surface area contributed by atoms with E-state index < -0.39 is 11.6 Å². The van der Waals surface area contributed by atoms with E-state index in [1.165, 1.54) is 6.07 Å². The first-order valence-corrected chi connectivity index (χ1v) is 15.0. The SMILES string of the molecule is Cc1ccc2c3ccccc3n(-c3cc(-c4cccc(F)c4F)ccc3-c3nc(-c4ccccc4)nc(-c4ccccc4)n3)c2c1. The van der Waals surface area contributed by atoms with Crippen molar-refractivity contribution in [1.82, 2.24) is 19.5 Å². The van der Waals surface area contributed by atoms with Gasteiger partial charge in [0.2, 0.25) is 0 Å². The molecule has 0 amide bonds. The van der Waals surface area contributed by atoms with E-state index in [9.17, 15) is 4.39 Å². The summed E-state index contributed by atoms with van der Waals surface area (Å²) in [6.45, 7) is 2.06. The molecular formula is C40H26F2N4. The third kappa shape index (κ3) is 4.72. The zero-order chi connectivity index (χ0) is 31.2. The zero-order valence-electron chi connectivity index (χ0n) is 24.8. The van der Waals surface area contributed by atoms with E-state index in [1.54, 1.807) is 12.1 Å². The molecule has 4 nitrogen and oxygen atoms in total. The highest BCUT2D eigenvalue weighted by Crippen LogP contribution is 2.39. The van der Waals surface area contributed by atoms with Gasteiger partial charge in [0.15, 0.2) is 29.1 Å². The molecule has 0 unspecified atom stereocenters. The molecule has 0 saturated heterocycles. The summed E-state index contributed by atoms with van der Waals surface area (Å²) in [7, 11) is 0.